The maximum absolute atomic E-state index is 9.64. The van der Waals surface area contributed by atoms with Gasteiger partial charge in [0.25, 0.3) is 0 Å². The molecular formula is C15H23NO3. The molecule has 0 aliphatic carbocycles. The van der Waals surface area contributed by atoms with E-state index in [1.165, 1.54) is 12.1 Å². The third-order valence-electron chi connectivity index (χ3n) is 3.30. The highest BCUT2D eigenvalue weighted by Crippen LogP contribution is 2.31. The summed E-state index contributed by atoms with van der Waals surface area (Å²) in [7, 11) is 0. The predicted octanol–water partition coefficient (Wildman–Crippen LogP) is 2.89. The summed E-state index contributed by atoms with van der Waals surface area (Å²) in [4.78, 5) is 0. The lowest BCUT2D eigenvalue weighted by Gasteiger charge is -2.14. The van der Waals surface area contributed by atoms with Crippen molar-refractivity contribution in [3.05, 3.63) is 30.4 Å². The molecule has 0 amide bonds. The average molecular weight is 265 g/mol. The van der Waals surface area contributed by atoms with Gasteiger partial charge in [0.15, 0.2) is 0 Å². The largest absolute Gasteiger partial charge is 0.508 e. The van der Waals surface area contributed by atoms with Gasteiger partial charge in [-0.3, -0.25) is 0 Å². The topological polar surface area (TPSA) is 72.7 Å². The first kappa shape index (κ1) is 15.4. The Morgan fingerprint density at radius 3 is 2.42 bits per heavy atom. The smallest absolute Gasteiger partial charge is 0.127 e. The summed E-state index contributed by atoms with van der Waals surface area (Å²) in [5, 5.41) is 31.7. The second-order valence-electron chi connectivity index (χ2n) is 4.73. The fourth-order valence-corrected chi connectivity index (χ4v) is 2.05. The minimum absolute atomic E-state index is 0.0943. The Labute approximate surface area is 114 Å². The molecule has 1 rings (SSSR count). The van der Waals surface area contributed by atoms with Crippen LogP contribution >= 0.6 is 0 Å². The lowest BCUT2D eigenvalue weighted by atomic mass is 9.98. The minimum atomic E-state index is -0.143. The number of aromatic hydroxyl groups is 3. The van der Waals surface area contributed by atoms with Crippen LogP contribution in [-0.2, 0) is 6.54 Å². The van der Waals surface area contributed by atoms with Gasteiger partial charge in [-0.25, -0.2) is 0 Å². The van der Waals surface area contributed by atoms with Gasteiger partial charge < -0.3 is 20.6 Å². The van der Waals surface area contributed by atoms with Crippen LogP contribution in [-0.4, -0.2) is 21.9 Å². The number of nitrogens with one attached hydrogen (secondary N) is 1. The summed E-state index contributed by atoms with van der Waals surface area (Å²) >= 11 is 0. The number of hydrogen-bond donors (Lipinski definition) is 4. The Morgan fingerprint density at radius 1 is 1.26 bits per heavy atom. The molecule has 4 heteroatoms. The first-order valence-corrected chi connectivity index (χ1v) is 6.63. The fourth-order valence-electron chi connectivity index (χ4n) is 2.05. The first-order valence-electron chi connectivity index (χ1n) is 6.63. The average Bonchev–Trinajstić information content (AvgIpc) is 2.35. The summed E-state index contributed by atoms with van der Waals surface area (Å²) < 4.78 is 0. The Balaban J connectivity index is 2.43. The van der Waals surface area contributed by atoms with Gasteiger partial charge in [0.05, 0.1) is 0 Å². The highest BCUT2D eigenvalue weighted by molar-refractivity contribution is 5.48. The number of rotatable bonds is 8. The van der Waals surface area contributed by atoms with Crippen molar-refractivity contribution in [3.8, 4) is 17.2 Å². The number of allylic oxidation sites excluding steroid dienone is 1. The van der Waals surface area contributed by atoms with Crippen molar-refractivity contribution in [1.82, 2.24) is 5.32 Å². The second-order valence-corrected chi connectivity index (χ2v) is 4.73. The maximum atomic E-state index is 9.64. The Morgan fingerprint density at radius 2 is 1.89 bits per heavy atom. The normalized spacial score (nSPS) is 12.3. The van der Waals surface area contributed by atoms with Crippen LogP contribution in [0.2, 0.25) is 0 Å². The van der Waals surface area contributed by atoms with E-state index in [1.807, 2.05) is 6.08 Å². The van der Waals surface area contributed by atoms with E-state index in [9.17, 15) is 15.3 Å². The number of phenolic OH excluding ortho intramolecular Hbond substituents is 3. The quantitative estimate of drug-likeness (QED) is 0.431. The van der Waals surface area contributed by atoms with Crippen molar-refractivity contribution < 1.29 is 15.3 Å². The van der Waals surface area contributed by atoms with Crippen LogP contribution < -0.4 is 5.32 Å². The number of benzene rings is 1. The molecule has 0 spiro atoms. The molecule has 0 heterocycles. The summed E-state index contributed by atoms with van der Waals surface area (Å²) in [5.41, 5.74) is 0.412. The van der Waals surface area contributed by atoms with Crippen LogP contribution in [0.1, 0.15) is 31.7 Å². The predicted molar refractivity (Wildman–Crippen MR) is 76.4 cm³/mol. The van der Waals surface area contributed by atoms with Crippen molar-refractivity contribution >= 4 is 0 Å². The molecule has 1 aromatic rings. The molecule has 106 valence electrons. The fraction of sp³-hybridized carbons (Fsp3) is 0.467. The lowest BCUT2D eigenvalue weighted by molar-refractivity contribution is 0.411. The Bertz CT molecular complexity index is 395. The highest BCUT2D eigenvalue weighted by Gasteiger charge is 2.09. The standard InChI is InChI=1S/C15H23NO3/c1-3-5-11(4-2)6-7-16-10-13-14(18)8-12(17)9-15(13)19/h3,8-9,11,16-19H,1,4-7,10H2,2H3. The van der Waals surface area contributed by atoms with Crippen LogP contribution in [0.4, 0.5) is 0 Å². The number of phenols is 3. The van der Waals surface area contributed by atoms with Gasteiger partial charge in [-0.05, 0) is 25.3 Å². The molecule has 4 nitrogen and oxygen atoms in total. The summed E-state index contributed by atoms with van der Waals surface area (Å²) in [6.45, 7) is 7.09. The van der Waals surface area contributed by atoms with E-state index in [1.54, 1.807) is 0 Å². The first-order chi connectivity index (χ1) is 9.08. The van der Waals surface area contributed by atoms with Crippen LogP contribution in [0.5, 0.6) is 17.2 Å². The molecular weight excluding hydrogens is 242 g/mol. The molecule has 0 radical (unpaired) electrons. The number of hydrogen-bond acceptors (Lipinski definition) is 4. The molecule has 0 fully saturated rings. The molecule has 0 aliphatic rings. The van der Waals surface area contributed by atoms with E-state index >= 15 is 0 Å². The monoisotopic (exact) mass is 265 g/mol. The van der Waals surface area contributed by atoms with Crippen molar-refractivity contribution in [1.29, 1.82) is 0 Å². The third-order valence-corrected chi connectivity index (χ3v) is 3.30. The highest BCUT2D eigenvalue weighted by atomic mass is 16.3. The molecule has 0 saturated heterocycles. The molecule has 1 unspecified atom stereocenters. The minimum Gasteiger partial charge on any atom is -0.508 e. The van der Waals surface area contributed by atoms with Crippen LogP contribution in [0, 0.1) is 5.92 Å². The van der Waals surface area contributed by atoms with Gasteiger partial charge in [0.1, 0.15) is 17.2 Å². The molecule has 0 aromatic heterocycles. The van der Waals surface area contributed by atoms with Gasteiger partial charge in [-0.15, -0.1) is 6.58 Å². The second kappa shape index (κ2) is 7.69. The SMILES string of the molecule is C=CCC(CC)CCNCc1c(O)cc(O)cc1O. The van der Waals surface area contributed by atoms with Crippen LogP contribution in [0.25, 0.3) is 0 Å². The Hall–Kier alpha value is -1.68. The van der Waals surface area contributed by atoms with Crippen molar-refractivity contribution in [2.45, 2.75) is 32.7 Å². The van der Waals surface area contributed by atoms with Gasteiger partial charge in [-0.2, -0.15) is 0 Å². The van der Waals surface area contributed by atoms with E-state index in [-0.39, 0.29) is 17.2 Å². The molecule has 0 saturated carbocycles. The van der Waals surface area contributed by atoms with Gasteiger partial charge in [-0.1, -0.05) is 19.4 Å². The van der Waals surface area contributed by atoms with E-state index in [2.05, 4.69) is 18.8 Å². The molecule has 1 aromatic carbocycles. The molecule has 1 atom stereocenters. The molecule has 19 heavy (non-hydrogen) atoms. The zero-order chi connectivity index (χ0) is 14.3. The van der Waals surface area contributed by atoms with Crippen molar-refractivity contribution in [3.63, 3.8) is 0 Å². The van der Waals surface area contributed by atoms with E-state index in [4.69, 9.17) is 0 Å². The lowest BCUT2D eigenvalue weighted by Crippen LogP contribution is -2.17. The van der Waals surface area contributed by atoms with Gasteiger partial charge in [0, 0.05) is 24.2 Å². The zero-order valence-corrected chi connectivity index (χ0v) is 11.4. The molecule has 0 bridgehead atoms. The van der Waals surface area contributed by atoms with Crippen LogP contribution in [0.3, 0.4) is 0 Å². The summed E-state index contributed by atoms with van der Waals surface area (Å²) in [6, 6.07) is 2.45. The van der Waals surface area contributed by atoms with E-state index < -0.39 is 0 Å². The maximum Gasteiger partial charge on any atom is 0.127 e. The summed E-state index contributed by atoms with van der Waals surface area (Å²) in [6.07, 6.45) is 5.09. The van der Waals surface area contributed by atoms with Gasteiger partial charge in [0.2, 0.25) is 0 Å². The van der Waals surface area contributed by atoms with Crippen molar-refractivity contribution in [2.75, 3.05) is 6.54 Å². The summed E-state index contributed by atoms with van der Waals surface area (Å²) in [5.74, 6) is 0.286. The van der Waals surface area contributed by atoms with E-state index in [0.29, 0.717) is 18.0 Å². The molecule has 0 aliphatic heterocycles. The van der Waals surface area contributed by atoms with Crippen LogP contribution in [0.15, 0.2) is 24.8 Å². The Kier molecular flexibility index (Phi) is 6.22. The molecule has 4 N–H and O–H groups in total. The van der Waals surface area contributed by atoms with Gasteiger partial charge >= 0.3 is 0 Å². The van der Waals surface area contributed by atoms with Crippen molar-refractivity contribution in [2.24, 2.45) is 5.92 Å². The van der Waals surface area contributed by atoms with E-state index in [0.717, 1.165) is 25.8 Å². The third kappa shape index (κ3) is 4.83. The zero-order valence-electron chi connectivity index (χ0n) is 11.4.